The van der Waals surface area contributed by atoms with Crippen LogP contribution in [0, 0.1) is 18.7 Å². The van der Waals surface area contributed by atoms with E-state index < -0.39 is 0 Å². The second kappa shape index (κ2) is 4.81. The zero-order valence-electron chi connectivity index (χ0n) is 10.6. The first-order valence-corrected chi connectivity index (χ1v) is 6.55. The van der Waals surface area contributed by atoms with Gasteiger partial charge in [-0.2, -0.15) is 0 Å². The maximum Gasteiger partial charge on any atom is 0.167 e. The van der Waals surface area contributed by atoms with Gasteiger partial charge in [0, 0.05) is 44.1 Å². The smallest absolute Gasteiger partial charge is 0.167 e. The standard InChI is InChI=1S/C13H14ClFN4/c1-9-16-2-3-18(9)6-10-7-19(8-10)13-12(15)4-11(14)5-17-13/h2-5,10H,6-8H2,1H3. The molecule has 1 aliphatic rings. The Morgan fingerprint density at radius 2 is 2.21 bits per heavy atom. The molecule has 0 spiro atoms. The van der Waals surface area contributed by atoms with Crippen LogP contribution in [0.3, 0.4) is 0 Å². The van der Waals surface area contributed by atoms with Crippen LogP contribution in [0.1, 0.15) is 5.82 Å². The highest BCUT2D eigenvalue weighted by atomic mass is 35.5. The lowest BCUT2D eigenvalue weighted by Crippen LogP contribution is -2.49. The third-order valence-electron chi connectivity index (χ3n) is 3.42. The summed E-state index contributed by atoms with van der Waals surface area (Å²) in [6, 6.07) is 1.30. The molecule has 1 aliphatic heterocycles. The SMILES string of the molecule is Cc1nccn1CC1CN(c2ncc(Cl)cc2F)C1. The van der Waals surface area contributed by atoms with E-state index in [2.05, 4.69) is 14.5 Å². The van der Waals surface area contributed by atoms with Crippen LogP contribution < -0.4 is 4.90 Å². The highest BCUT2D eigenvalue weighted by Crippen LogP contribution is 2.27. The predicted octanol–water partition coefficient (Wildman–Crippen LogP) is 2.52. The molecule has 0 aromatic carbocycles. The van der Waals surface area contributed by atoms with Crippen molar-refractivity contribution in [2.75, 3.05) is 18.0 Å². The van der Waals surface area contributed by atoms with Crippen molar-refractivity contribution in [3.05, 3.63) is 41.3 Å². The Kier molecular flexibility index (Phi) is 3.14. The van der Waals surface area contributed by atoms with E-state index in [1.54, 1.807) is 6.20 Å². The minimum atomic E-state index is -0.357. The first kappa shape index (κ1) is 12.4. The zero-order chi connectivity index (χ0) is 13.4. The summed E-state index contributed by atoms with van der Waals surface area (Å²) in [5.41, 5.74) is 0. The molecule has 3 heterocycles. The minimum Gasteiger partial charge on any atom is -0.353 e. The third kappa shape index (κ3) is 2.42. The first-order valence-electron chi connectivity index (χ1n) is 6.17. The molecule has 0 atom stereocenters. The van der Waals surface area contributed by atoms with Crippen LogP contribution in [0.4, 0.5) is 10.2 Å². The number of hydrogen-bond acceptors (Lipinski definition) is 3. The average molecular weight is 281 g/mol. The van der Waals surface area contributed by atoms with E-state index in [-0.39, 0.29) is 5.82 Å². The number of aromatic nitrogens is 3. The molecule has 2 aromatic rings. The fraction of sp³-hybridized carbons (Fsp3) is 0.385. The molecule has 0 radical (unpaired) electrons. The molecule has 100 valence electrons. The van der Waals surface area contributed by atoms with Crippen molar-refractivity contribution in [1.82, 2.24) is 14.5 Å². The largest absolute Gasteiger partial charge is 0.353 e. The average Bonchev–Trinajstić information content (AvgIpc) is 2.70. The molecule has 0 aliphatic carbocycles. The van der Waals surface area contributed by atoms with Gasteiger partial charge >= 0.3 is 0 Å². The summed E-state index contributed by atoms with van der Waals surface area (Å²) in [6.45, 7) is 4.51. The van der Waals surface area contributed by atoms with Gasteiger partial charge in [-0.05, 0) is 13.0 Å². The van der Waals surface area contributed by atoms with Gasteiger partial charge in [0.2, 0.25) is 0 Å². The highest BCUT2D eigenvalue weighted by molar-refractivity contribution is 6.30. The molecule has 4 nitrogen and oxygen atoms in total. The van der Waals surface area contributed by atoms with E-state index in [0.29, 0.717) is 16.8 Å². The first-order chi connectivity index (χ1) is 9.13. The van der Waals surface area contributed by atoms with Crippen LogP contribution in [0.2, 0.25) is 5.02 Å². The number of nitrogens with zero attached hydrogens (tertiary/aromatic N) is 4. The van der Waals surface area contributed by atoms with Gasteiger partial charge in [-0.3, -0.25) is 0 Å². The lowest BCUT2D eigenvalue weighted by Gasteiger charge is -2.40. The number of pyridine rings is 1. The molecule has 6 heteroatoms. The fourth-order valence-electron chi connectivity index (χ4n) is 2.37. The molecule has 0 N–H and O–H groups in total. The van der Waals surface area contributed by atoms with Crippen LogP contribution in [-0.2, 0) is 6.54 Å². The van der Waals surface area contributed by atoms with Gasteiger partial charge in [0.05, 0.1) is 5.02 Å². The van der Waals surface area contributed by atoms with Gasteiger partial charge < -0.3 is 9.47 Å². The Hall–Kier alpha value is -1.62. The second-order valence-corrected chi connectivity index (χ2v) is 5.29. The molecule has 1 saturated heterocycles. The van der Waals surface area contributed by atoms with E-state index in [1.807, 2.05) is 18.0 Å². The monoisotopic (exact) mass is 280 g/mol. The van der Waals surface area contributed by atoms with Crippen LogP contribution in [0.25, 0.3) is 0 Å². The van der Waals surface area contributed by atoms with Crippen molar-refractivity contribution in [3.8, 4) is 0 Å². The quantitative estimate of drug-likeness (QED) is 0.866. The summed E-state index contributed by atoms with van der Waals surface area (Å²) in [7, 11) is 0. The van der Waals surface area contributed by atoms with Crippen molar-refractivity contribution in [1.29, 1.82) is 0 Å². The zero-order valence-corrected chi connectivity index (χ0v) is 11.3. The number of halogens is 2. The maximum atomic E-state index is 13.7. The Morgan fingerprint density at radius 3 is 2.84 bits per heavy atom. The van der Waals surface area contributed by atoms with E-state index in [1.165, 1.54) is 12.3 Å². The molecule has 0 amide bonds. The number of rotatable bonds is 3. The number of hydrogen-bond donors (Lipinski definition) is 0. The molecular weight excluding hydrogens is 267 g/mol. The normalized spacial score (nSPS) is 15.6. The number of anilines is 1. The van der Waals surface area contributed by atoms with E-state index in [9.17, 15) is 4.39 Å². The summed E-state index contributed by atoms with van der Waals surface area (Å²) in [5, 5.41) is 0.326. The third-order valence-corrected chi connectivity index (χ3v) is 3.63. The van der Waals surface area contributed by atoms with Crippen LogP contribution >= 0.6 is 11.6 Å². The van der Waals surface area contributed by atoms with Gasteiger partial charge in [-0.25, -0.2) is 14.4 Å². The Balaban J connectivity index is 1.62. The summed E-state index contributed by atoms with van der Waals surface area (Å²) in [6.07, 6.45) is 5.25. The Labute approximate surface area is 115 Å². The molecule has 0 unspecified atom stereocenters. The van der Waals surface area contributed by atoms with Gasteiger partial charge in [0.1, 0.15) is 5.82 Å². The van der Waals surface area contributed by atoms with Crippen molar-refractivity contribution in [2.45, 2.75) is 13.5 Å². The van der Waals surface area contributed by atoms with Crippen LogP contribution in [-0.4, -0.2) is 27.6 Å². The molecule has 0 bridgehead atoms. The molecule has 0 saturated carbocycles. The van der Waals surface area contributed by atoms with Crippen LogP contribution in [0.5, 0.6) is 0 Å². The van der Waals surface area contributed by atoms with Crippen molar-refractivity contribution < 1.29 is 4.39 Å². The predicted molar refractivity (Wildman–Crippen MR) is 71.9 cm³/mol. The molecule has 1 fully saturated rings. The van der Waals surface area contributed by atoms with Crippen molar-refractivity contribution in [2.24, 2.45) is 5.92 Å². The number of imidazole rings is 1. The maximum absolute atomic E-state index is 13.7. The van der Waals surface area contributed by atoms with E-state index in [0.717, 1.165) is 25.5 Å². The summed E-state index contributed by atoms with van der Waals surface area (Å²) in [4.78, 5) is 10.2. The molecule has 3 rings (SSSR count). The summed E-state index contributed by atoms with van der Waals surface area (Å²) in [5.74, 6) is 1.55. The molecule has 2 aromatic heterocycles. The second-order valence-electron chi connectivity index (χ2n) is 4.86. The van der Waals surface area contributed by atoms with Crippen LogP contribution in [0.15, 0.2) is 24.7 Å². The Bertz CT molecular complexity index is 592. The van der Waals surface area contributed by atoms with Crippen molar-refractivity contribution >= 4 is 17.4 Å². The molecular formula is C13H14ClFN4. The Morgan fingerprint density at radius 1 is 1.42 bits per heavy atom. The van der Waals surface area contributed by atoms with Gasteiger partial charge in [-0.15, -0.1) is 0 Å². The minimum absolute atomic E-state index is 0.326. The summed E-state index contributed by atoms with van der Waals surface area (Å²) >= 11 is 5.69. The van der Waals surface area contributed by atoms with E-state index >= 15 is 0 Å². The summed E-state index contributed by atoms with van der Waals surface area (Å²) < 4.78 is 15.8. The number of aryl methyl sites for hydroxylation is 1. The van der Waals surface area contributed by atoms with Gasteiger partial charge in [0.15, 0.2) is 11.6 Å². The highest BCUT2D eigenvalue weighted by Gasteiger charge is 2.30. The lowest BCUT2D eigenvalue weighted by molar-refractivity contribution is 0.348. The van der Waals surface area contributed by atoms with Gasteiger partial charge in [-0.1, -0.05) is 11.6 Å². The van der Waals surface area contributed by atoms with Gasteiger partial charge in [0.25, 0.3) is 0 Å². The van der Waals surface area contributed by atoms with E-state index in [4.69, 9.17) is 11.6 Å². The fourth-order valence-corrected chi connectivity index (χ4v) is 2.52. The molecule has 19 heavy (non-hydrogen) atoms. The topological polar surface area (TPSA) is 34.0 Å². The lowest BCUT2D eigenvalue weighted by atomic mass is 10.00. The van der Waals surface area contributed by atoms with Crippen molar-refractivity contribution in [3.63, 3.8) is 0 Å².